The highest BCUT2D eigenvalue weighted by molar-refractivity contribution is 7.91. The van der Waals surface area contributed by atoms with Gasteiger partial charge in [0, 0.05) is 24.2 Å². The Morgan fingerprint density at radius 2 is 2.13 bits per heavy atom. The quantitative estimate of drug-likeness (QED) is 0.846. The number of nitrogens with zero attached hydrogens (tertiary/aromatic N) is 2. The molecule has 1 unspecified atom stereocenters. The molecule has 1 fully saturated rings. The predicted molar refractivity (Wildman–Crippen MR) is 89.7 cm³/mol. The van der Waals surface area contributed by atoms with Gasteiger partial charge in [0.2, 0.25) is 5.91 Å². The standard InChI is InChI=1S/C16H19N3O3S/c1-19(14-6-7-23(21,22)10-14)16(20)9-13-4-2-11-8-12(17)3-5-15(11)18-13/h2-5,8,14H,6-7,9-10,17H2,1H3. The Hall–Kier alpha value is -2.15. The summed E-state index contributed by atoms with van der Waals surface area (Å²) in [5.41, 5.74) is 7.86. The van der Waals surface area contributed by atoms with Crippen LogP contribution in [0.15, 0.2) is 30.3 Å². The molecule has 1 atom stereocenters. The lowest BCUT2D eigenvalue weighted by Crippen LogP contribution is -2.38. The second-order valence-corrected chi connectivity index (χ2v) is 8.22. The first-order chi connectivity index (χ1) is 10.8. The average molecular weight is 333 g/mol. The number of carbonyl (C=O) groups is 1. The molecule has 0 spiro atoms. The Bertz CT molecular complexity index is 864. The van der Waals surface area contributed by atoms with Crippen molar-refractivity contribution < 1.29 is 13.2 Å². The van der Waals surface area contributed by atoms with Crippen LogP contribution in [0.2, 0.25) is 0 Å². The van der Waals surface area contributed by atoms with Gasteiger partial charge in [-0.2, -0.15) is 0 Å². The van der Waals surface area contributed by atoms with Crippen LogP contribution in [-0.4, -0.2) is 48.8 Å². The minimum Gasteiger partial charge on any atom is -0.399 e. The van der Waals surface area contributed by atoms with Crippen molar-refractivity contribution in [2.45, 2.75) is 18.9 Å². The lowest BCUT2D eigenvalue weighted by atomic mass is 10.1. The number of benzene rings is 1. The number of likely N-dealkylation sites (N-methyl/N-ethyl adjacent to an activating group) is 1. The number of pyridine rings is 1. The summed E-state index contributed by atoms with van der Waals surface area (Å²) >= 11 is 0. The summed E-state index contributed by atoms with van der Waals surface area (Å²) in [6, 6.07) is 8.90. The first-order valence-electron chi connectivity index (χ1n) is 7.45. The molecule has 0 aliphatic carbocycles. The summed E-state index contributed by atoms with van der Waals surface area (Å²) in [5, 5.41) is 0.927. The summed E-state index contributed by atoms with van der Waals surface area (Å²) in [4.78, 5) is 18.4. The highest BCUT2D eigenvalue weighted by atomic mass is 32.2. The summed E-state index contributed by atoms with van der Waals surface area (Å²) < 4.78 is 23.1. The molecule has 1 aliphatic heterocycles. The van der Waals surface area contributed by atoms with Gasteiger partial charge in [0.05, 0.1) is 29.1 Å². The van der Waals surface area contributed by atoms with Gasteiger partial charge in [-0.05, 0) is 30.7 Å². The van der Waals surface area contributed by atoms with Crippen LogP contribution in [0.4, 0.5) is 5.69 Å². The zero-order valence-corrected chi connectivity index (χ0v) is 13.7. The summed E-state index contributed by atoms with van der Waals surface area (Å²) in [7, 11) is -1.34. The van der Waals surface area contributed by atoms with Crippen molar-refractivity contribution >= 4 is 32.3 Å². The van der Waals surface area contributed by atoms with E-state index in [9.17, 15) is 13.2 Å². The molecule has 3 rings (SSSR count). The van der Waals surface area contributed by atoms with Crippen LogP contribution in [0.3, 0.4) is 0 Å². The molecule has 1 aromatic heterocycles. The van der Waals surface area contributed by atoms with Gasteiger partial charge in [-0.25, -0.2) is 8.42 Å². The molecule has 1 aliphatic rings. The fourth-order valence-electron chi connectivity index (χ4n) is 2.85. The molecule has 2 N–H and O–H groups in total. The van der Waals surface area contributed by atoms with Gasteiger partial charge >= 0.3 is 0 Å². The third-order valence-corrected chi connectivity index (χ3v) is 6.00. The second kappa shape index (κ2) is 5.81. The van der Waals surface area contributed by atoms with E-state index in [1.54, 1.807) is 24.1 Å². The first kappa shape index (κ1) is 15.7. The van der Waals surface area contributed by atoms with E-state index in [0.29, 0.717) is 17.8 Å². The van der Waals surface area contributed by atoms with Crippen molar-refractivity contribution in [1.29, 1.82) is 0 Å². The molecule has 1 saturated heterocycles. The van der Waals surface area contributed by atoms with Crippen molar-refractivity contribution in [3.05, 3.63) is 36.0 Å². The number of sulfone groups is 1. The molecule has 7 heteroatoms. The molecule has 0 radical (unpaired) electrons. The van der Waals surface area contributed by atoms with E-state index in [2.05, 4.69) is 4.98 Å². The van der Waals surface area contributed by atoms with E-state index < -0.39 is 9.84 Å². The average Bonchev–Trinajstić information content (AvgIpc) is 2.86. The monoisotopic (exact) mass is 333 g/mol. The molecule has 23 heavy (non-hydrogen) atoms. The Morgan fingerprint density at radius 1 is 1.35 bits per heavy atom. The van der Waals surface area contributed by atoms with E-state index in [1.807, 2.05) is 18.2 Å². The largest absolute Gasteiger partial charge is 0.399 e. The van der Waals surface area contributed by atoms with Crippen LogP contribution in [0.25, 0.3) is 10.9 Å². The fraction of sp³-hybridized carbons (Fsp3) is 0.375. The topological polar surface area (TPSA) is 93.4 Å². The number of fused-ring (bicyclic) bond motifs is 1. The van der Waals surface area contributed by atoms with Gasteiger partial charge in [0.15, 0.2) is 9.84 Å². The Morgan fingerprint density at radius 3 is 2.83 bits per heavy atom. The van der Waals surface area contributed by atoms with Crippen molar-refractivity contribution in [1.82, 2.24) is 9.88 Å². The van der Waals surface area contributed by atoms with Crippen molar-refractivity contribution in [2.24, 2.45) is 0 Å². The van der Waals surface area contributed by atoms with Gasteiger partial charge < -0.3 is 10.6 Å². The first-order valence-corrected chi connectivity index (χ1v) is 9.27. The summed E-state index contributed by atoms with van der Waals surface area (Å²) in [6.45, 7) is 0. The van der Waals surface area contributed by atoms with Crippen LogP contribution in [0.1, 0.15) is 12.1 Å². The lowest BCUT2D eigenvalue weighted by Gasteiger charge is -2.23. The van der Waals surface area contributed by atoms with E-state index in [-0.39, 0.29) is 29.9 Å². The normalized spacial score (nSPS) is 19.8. The molecule has 1 amide bonds. The molecule has 6 nitrogen and oxygen atoms in total. The smallest absolute Gasteiger partial charge is 0.228 e. The predicted octanol–water partition coefficient (Wildman–Crippen LogP) is 1.00. The maximum atomic E-state index is 12.4. The molecule has 2 heterocycles. The fourth-order valence-corrected chi connectivity index (χ4v) is 4.62. The van der Waals surface area contributed by atoms with Crippen LogP contribution < -0.4 is 5.73 Å². The van der Waals surface area contributed by atoms with E-state index in [0.717, 1.165) is 10.9 Å². The van der Waals surface area contributed by atoms with Crippen LogP contribution >= 0.6 is 0 Å². The second-order valence-electron chi connectivity index (χ2n) is 5.99. The maximum absolute atomic E-state index is 12.4. The van der Waals surface area contributed by atoms with E-state index in [4.69, 9.17) is 5.73 Å². The zero-order valence-electron chi connectivity index (χ0n) is 12.9. The Balaban J connectivity index is 1.73. The van der Waals surface area contributed by atoms with Gasteiger partial charge in [0.1, 0.15) is 0 Å². The van der Waals surface area contributed by atoms with Crippen molar-refractivity contribution in [2.75, 3.05) is 24.3 Å². The number of anilines is 1. The lowest BCUT2D eigenvalue weighted by molar-refractivity contribution is -0.130. The Labute approximate surface area is 135 Å². The van der Waals surface area contributed by atoms with Gasteiger partial charge in [-0.3, -0.25) is 9.78 Å². The van der Waals surface area contributed by atoms with Crippen LogP contribution in [0.5, 0.6) is 0 Å². The molecule has 1 aromatic carbocycles. The molecule has 122 valence electrons. The third-order valence-electron chi connectivity index (χ3n) is 4.25. The van der Waals surface area contributed by atoms with Gasteiger partial charge in [0.25, 0.3) is 0 Å². The molecule has 0 saturated carbocycles. The third kappa shape index (κ3) is 3.44. The maximum Gasteiger partial charge on any atom is 0.228 e. The number of nitrogens with two attached hydrogens (primary N) is 1. The van der Waals surface area contributed by atoms with Crippen LogP contribution in [0, 0.1) is 0 Å². The SMILES string of the molecule is CN(C(=O)Cc1ccc2cc(N)ccc2n1)C1CCS(=O)(=O)C1. The van der Waals surface area contributed by atoms with Crippen molar-refractivity contribution in [3.8, 4) is 0 Å². The number of rotatable bonds is 3. The number of aromatic nitrogens is 1. The highest BCUT2D eigenvalue weighted by Crippen LogP contribution is 2.19. The minimum atomic E-state index is -3.00. The number of carbonyl (C=O) groups excluding carboxylic acids is 1. The van der Waals surface area contributed by atoms with Gasteiger partial charge in [-0.15, -0.1) is 0 Å². The number of nitrogen functional groups attached to an aromatic ring is 1. The van der Waals surface area contributed by atoms with Gasteiger partial charge in [-0.1, -0.05) is 6.07 Å². The van der Waals surface area contributed by atoms with E-state index >= 15 is 0 Å². The van der Waals surface area contributed by atoms with E-state index in [1.165, 1.54) is 0 Å². The molecular formula is C16H19N3O3S. The zero-order chi connectivity index (χ0) is 16.6. The minimum absolute atomic E-state index is 0.0552. The number of amides is 1. The highest BCUT2D eigenvalue weighted by Gasteiger charge is 2.32. The Kier molecular flexibility index (Phi) is 3.97. The van der Waals surface area contributed by atoms with Crippen molar-refractivity contribution in [3.63, 3.8) is 0 Å². The summed E-state index contributed by atoms with van der Waals surface area (Å²) in [6.07, 6.45) is 0.669. The number of hydrogen-bond donors (Lipinski definition) is 1. The summed E-state index contributed by atoms with van der Waals surface area (Å²) in [5.74, 6) is 0.0966. The molecule has 2 aromatic rings. The molecule has 0 bridgehead atoms. The van der Waals surface area contributed by atoms with Crippen LogP contribution in [-0.2, 0) is 21.1 Å². The molecular weight excluding hydrogens is 314 g/mol. The number of hydrogen-bond acceptors (Lipinski definition) is 5.